The van der Waals surface area contributed by atoms with Crippen molar-refractivity contribution < 1.29 is 22.7 Å². The van der Waals surface area contributed by atoms with E-state index < -0.39 is 6.36 Å². The van der Waals surface area contributed by atoms with Crippen LogP contribution < -0.4 is 10.1 Å². The van der Waals surface area contributed by atoms with Gasteiger partial charge < -0.3 is 19.9 Å². The number of rotatable bonds is 6. The normalized spacial score (nSPS) is 18.2. The van der Waals surface area contributed by atoms with Crippen molar-refractivity contribution in [2.45, 2.75) is 32.7 Å². The zero-order chi connectivity index (χ0) is 25.3. The Morgan fingerprint density at radius 3 is 2.57 bits per heavy atom. The van der Waals surface area contributed by atoms with E-state index in [4.69, 9.17) is 16.6 Å². The molecule has 2 heterocycles. The third-order valence-electron chi connectivity index (χ3n) is 5.98. The molecule has 2 N–H and O–H groups in total. The average Bonchev–Trinajstić information content (AvgIpc) is 3.36. The van der Waals surface area contributed by atoms with Crippen molar-refractivity contribution in [2.75, 3.05) is 20.1 Å². The number of aromatic amines is 1. The highest BCUT2D eigenvalue weighted by Crippen LogP contribution is 2.38. The average molecular weight is 507 g/mol. The van der Waals surface area contributed by atoms with Gasteiger partial charge >= 0.3 is 6.36 Å². The quantitative estimate of drug-likeness (QED) is 0.448. The molecule has 35 heavy (non-hydrogen) atoms. The lowest BCUT2D eigenvalue weighted by atomic mass is 10.0. The maximum Gasteiger partial charge on any atom is 0.573 e. The molecular formula is C25H26ClF3N4O2. The number of amides is 1. The topological polar surface area (TPSA) is 70.2 Å². The predicted molar refractivity (Wildman–Crippen MR) is 128 cm³/mol. The summed E-state index contributed by atoms with van der Waals surface area (Å²) in [6.07, 6.45) is -4.02. The zero-order valence-electron chi connectivity index (χ0n) is 19.5. The summed E-state index contributed by atoms with van der Waals surface area (Å²) >= 11 is 6.48. The molecule has 6 nitrogen and oxygen atoms in total. The van der Waals surface area contributed by atoms with E-state index in [1.165, 1.54) is 6.07 Å². The zero-order valence-corrected chi connectivity index (χ0v) is 20.3. The number of likely N-dealkylation sites (tertiary alicyclic amines) is 1. The maximum atomic E-state index is 12.9. The van der Waals surface area contributed by atoms with Crippen molar-refractivity contribution in [1.29, 1.82) is 0 Å². The van der Waals surface area contributed by atoms with Crippen LogP contribution in [0.25, 0.3) is 22.4 Å². The summed E-state index contributed by atoms with van der Waals surface area (Å²) in [5, 5.41) is 3.23. The number of alkyl halides is 3. The first kappa shape index (κ1) is 25.1. The lowest BCUT2D eigenvalue weighted by molar-refractivity contribution is -0.274. The van der Waals surface area contributed by atoms with Gasteiger partial charge in [0.05, 0.1) is 12.6 Å². The molecule has 1 amide bonds. The Hall–Kier alpha value is -3.04. The van der Waals surface area contributed by atoms with E-state index in [9.17, 15) is 18.0 Å². The first-order valence-corrected chi connectivity index (χ1v) is 11.6. The highest BCUT2D eigenvalue weighted by molar-refractivity contribution is 6.31. The lowest BCUT2D eigenvalue weighted by Crippen LogP contribution is -2.37. The molecule has 10 heteroatoms. The van der Waals surface area contributed by atoms with Gasteiger partial charge in [0.15, 0.2) is 0 Å². The smallest absolute Gasteiger partial charge is 0.405 e. The van der Waals surface area contributed by atoms with Gasteiger partial charge in [0.2, 0.25) is 5.91 Å². The summed E-state index contributed by atoms with van der Waals surface area (Å²) in [4.78, 5) is 22.2. The number of aryl methyl sites for hydroxylation is 1. The van der Waals surface area contributed by atoms with Gasteiger partial charge in [-0.15, -0.1) is 13.2 Å². The molecule has 2 aromatic carbocycles. The molecule has 1 aromatic heterocycles. The number of carbonyl (C=O) groups excluding carboxylic acids is 1. The fraction of sp³-hybridized carbons (Fsp3) is 0.360. The second-order valence-corrected chi connectivity index (χ2v) is 9.22. The summed E-state index contributed by atoms with van der Waals surface area (Å²) in [7, 11) is 1.73. The number of halogens is 4. The van der Waals surface area contributed by atoms with Crippen LogP contribution in [0.15, 0.2) is 42.5 Å². The maximum absolute atomic E-state index is 12.9. The molecule has 186 valence electrons. The Morgan fingerprint density at radius 2 is 1.91 bits per heavy atom. The third-order valence-corrected chi connectivity index (χ3v) is 6.26. The first-order valence-electron chi connectivity index (χ1n) is 11.2. The first-order chi connectivity index (χ1) is 16.6. The monoisotopic (exact) mass is 506 g/mol. The van der Waals surface area contributed by atoms with Crippen LogP contribution in [-0.2, 0) is 4.79 Å². The van der Waals surface area contributed by atoms with Crippen molar-refractivity contribution in [3.05, 3.63) is 59.0 Å². The van der Waals surface area contributed by atoms with E-state index in [0.717, 1.165) is 6.42 Å². The molecule has 0 saturated carbocycles. The van der Waals surface area contributed by atoms with Crippen LogP contribution in [0.1, 0.15) is 30.8 Å². The van der Waals surface area contributed by atoms with Crippen molar-refractivity contribution >= 4 is 17.5 Å². The van der Waals surface area contributed by atoms with Crippen LogP contribution in [0.4, 0.5) is 13.2 Å². The van der Waals surface area contributed by atoms with Crippen LogP contribution in [0.3, 0.4) is 0 Å². The summed E-state index contributed by atoms with van der Waals surface area (Å²) in [6, 6.07) is 11.4. The molecule has 1 fully saturated rings. The number of H-pyrrole nitrogens is 1. The Balaban J connectivity index is 1.62. The van der Waals surface area contributed by atoms with Gasteiger partial charge in [-0.05, 0) is 43.5 Å². The van der Waals surface area contributed by atoms with Crippen molar-refractivity contribution in [3.8, 4) is 28.1 Å². The van der Waals surface area contributed by atoms with Gasteiger partial charge in [-0.2, -0.15) is 0 Å². The molecule has 0 aliphatic carbocycles. The highest BCUT2D eigenvalue weighted by atomic mass is 35.5. The van der Waals surface area contributed by atoms with Crippen molar-refractivity contribution in [1.82, 2.24) is 20.2 Å². The third kappa shape index (κ3) is 5.62. The molecule has 3 aromatic rings. The van der Waals surface area contributed by atoms with Crippen LogP contribution in [0.2, 0.25) is 5.15 Å². The summed E-state index contributed by atoms with van der Waals surface area (Å²) in [6.45, 7) is 4.68. The molecule has 1 saturated heterocycles. The van der Waals surface area contributed by atoms with Gasteiger partial charge in [0, 0.05) is 17.7 Å². The van der Waals surface area contributed by atoms with Gasteiger partial charge in [0.25, 0.3) is 0 Å². The second-order valence-electron chi connectivity index (χ2n) is 8.84. The van der Waals surface area contributed by atoms with Crippen molar-refractivity contribution in [2.24, 2.45) is 5.92 Å². The molecule has 2 unspecified atom stereocenters. The number of carbonyl (C=O) groups is 1. The van der Waals surface area contributed by atoms with E-state index in [0.29, 0.717) is 51.4 Å². The standard InChI is InChI=1S/C25H26ClF3N4O2/c1-14-4-9-18(20(11-14)35-25(27,28)29)16-5-7-17(8-6-16)22-23(26)32-24(31-22)19-10-15(2)13-33(19)21(34)12-30-3/h4-9,11,15,19,30H,10,12-13H2,1-3H3,(H,31,32). The number of ether oxygens (including phenoxy) is 1. The number of nitrogens with zero attached hydrogens (tertiary/aromatic N) is 2. The van der Waals surface area contributed by atoms with Crippen LogP contribution >= 0.6 is 11.6 Å². The van der Waals surface area contributed by atoms with Crippen molar-refractivity contribution in [3.63, 3.8) is 0 Å². The second kappa shape index (κ2) is 9.91. The van der Waals surface area contributed by atoms with Crippen LogP contribution in [0.5, 0.6) is 5.75 Å². The van der Waals surface area contributed by atoms with E-state index in [1.807, 2.05) is 4.90 Å². The Morgan fingerprint density at radius 1 is 1.23 bits per heavy atom. The summed E-state index contributed by atoms with van der Waals surface area (Å²) in [5.74, 6) is 0.680. The predicted octanol–water partition coefficient (Wildman–Crippen LogP) is 5.73. The van der Waals surface area contributed by atoms with E-state index in [2.05, 4.69) is 22.0 Å². The molecule has 0 bridgehead atoms. The molecular weight excluding hydrogens is 481 g/mol. The summed E-state index contributed by atoms with van der Waals surface area (Å²) < 4.78 is 42.9. The van der Waals surface area contributed by atoms with E-state index in [-0.39, 0.29) is 24.2 Å². The number of aromatic nitrogens is 2. The molecule has 1 aliphatic heterocycles. The summed E-state index contributed by atoms with van der Waals surface area (Å²) in [5.41, 5.74) is 2.76. The number of imidazole rings is 1. The SMILES string of the molecule is CNCC(=O)N1CC(C)CC1c1nc(-c2ccc(-c3ccc(C)cc3OC(F)(F)F)cc2)c(Cl)[nH]1. The largest absolute Gasteiger partial charge is 0.573 e. The molecule has 2 atom stereocenters. The molecule has 4 rings (SSSR count). The fourth-order valence-electron chi connectivity index (χ4n) is 4.44. The van der Waals surface area contributed by atoms with Crippen LogP contribution in [-0.4, -0.2) is 47.3 Å². The lowest BCUT2D eigenvalue weighted by Gasteiger charge is -2.23. The fourth-order valence-corrected chi connectivity index (χ4v) is 4.68. The minimum Gasteiger partial charge on any atom is -0.405 e. The molecule has 0 radical (unpaired) electrons. The number of hydrogen-bond acceptors (Lipinski definition) is 4. The number of nitrogens with one attached hydrogen (secondary N) is 2. The number of likely N-dealkylation sites (N-methyl/N-ethyl adjacent to an activating group) is 1. The molecule has 1 aliphatic rings. The van der Waals surface area contributed by atoms with Gasteiger partial charge in [-0.25, -0.2) is 4.98 Å². The Labute approximate surface area is 206 Å². The van der Waals surface area contributed by atoms with Gasteiger partial charge in [0.1, 0.15) is 22.4 Å². The van der Waals surface area contributed by atoms with Gasteiger partial charge in [-0.3, -0.25) is 4.79 Å². The minimum absolute atomic E-state index is 0.00440. The van der Waals surface area contributed by atoms with E-state index in [1.54, 1.807) is 50.4 Å². The van der Waals surface area contributed by atoms with E-state index >= 15 is 0 Å². The van der Waals surface area contributed by atoms with Gasteiger partial charge in [-0.1, -0.05) is 54.9 Å². The highest BCUT2D eigenvalue weighted by Gasteiger charge is 2.36. The Bertz CT molecular complexity index is 1210. The van der Waals surface area contributed by atoms with Crippen LogP contribution in [0, 0.1) is 12.8 Å². The minimum atomic E-state index is -4.79. The number of benzene rings is 2. The molecule has 0 spiro atoms. The number of hydrogen-bond donors (Lipinski definition) is 2. The Kier molecular flexibility index (Phi) is 7.10.